The number of rotatable bonds is 8. The Labute approximate surface area is 304 Å². The number of primary amides is 2. The highest BCUT2D eigenvalue weighted by Crippen LogP contribution is 2.28. The quantitative estimate of drug-likeness (QED) is 0.174. The smallest absolute Gasteiger partial charge is 0.410 e. The van der Waals surface area contributed by atoms with Gasteiger partial charge >= 0.3 is 6.09 Å². The molecule has 0 spiro atoms. The highest BCUT2D eigenvalue weighted by atomic mass is 32.2. The first kappa shape index (κ1) is 37.7. The molecule has 0 saturated carbocycles. The van der Waals surface area contributed by atoms with E-state index in [9.17, 15) is 14.4 Å². The fourth-order valence-electron chi connectivity index (χ4n) is 5.80. The van der Waals surface area contributed by atoms with Gasteiger partial charge in [-0.05, 0) is 96.3 Å². The standard InChI is InChI=1S/C19H26N6O3S.C14H18N6OS/c1-19(2,3)28-18(27)24-9-6-12(7-10-24)25-15(16(20)26)11-14(23-25)13-5-8-21-17(22-13)29-4;1-22-14-17-7-4-10(18-14)11-8-12(13(15)21)20(19-11)9-2-5-16-6-3-9/h5,8,11-12H,6-7,9-10H2,1-4H3,(H2,20,26);4,7-9,16H,2-3,5-6H2,1H3,(H2,15,21). The molecule has 4 aromatic heterocycles. The first-order chi connectivity index (χ1) is 24.4. The molecule has 272 valence electrons. The minimum atomic E-state index is -0.544. The van der Waals surface area contributed by atoms with E-state index in [4.69, 9.17) is 16.2 Å². The second-order valence-electron chi connectivity index (χ2n) is 13.0. The number of ether oxygens (including phenoxy) is 1. The summed E-state index contributed by atoms with van der Waals surface area (Å²) < 4.78 is 8.87. The van der Waals surface area contributed by atoms with Gasteiger partial charge in [-0.25, -0.2) is 24.7 Å². The zero-order valence-electron chi connectivity index (χ0n) is 29.4. The predicted octanol–water partition coefficient (Wildman–Crippen LogP) is 3.82. The third-order valence-corrected chi connectivity index (χ3v) is 9.37. The molecule has 3 amide bonds. The van der Waals surface area contributed by atoms with Crippen LogP contribution in [0, 0.1) is 0 Å². The van der Waals surface area contributed by atoms with Crippen LogP contribution in [0.3, 0.4) is 0 Å². The second-order valence-corrected chi connectivity index (χ2v) is 14.5. The number of thioether (sulfide) groups is 2. The predicted molar refractivity (Wildman–Crippen MR) is 194 cm³/mol. The summed E-state index contributed by atoms with van der Waals surface area (Å²) in [6, 6.07) is 7.08. The van der Waals surface area contributed by atoms with Gasteiger partial charge in [-0.15, -0.1) is 0 Å². The molecule has 0 atom stereocenters. The maximum Gasteiger partial charge on any atom is 0.410 e. The lowest BCUT2D eigenvalue weighted by Crippen LogP contribution is -2.42. The molecule has 0 unspecified atom stereocenters. The topological polar surface area (TPSA) is 215 Å². The molecule has 0 radical (unpaired) electrons. The molecule has 6 heterocycles. The summed E-state index contributed by atoms with van der Waals surface area (Å²) in [4.78, 5) is 54.9. The van der Waals surface area contributed by atoms with E-state index in [1.54, 1.807) is 50.9 Å². The van der Waals surface area contributed by atoms with Crippen LogP contribution in [0.4, 0.5) is 4.79 Å². The minimum absolute atomic E-state index is 0.0354. The Balaban J connectivity index is 0.000000205. The van der Waals surface area contributed by atoms with Crippen LogP contribution in [0.5, 0.6) is 0 Å². The summed E-state index contributed by atoms with van der Waals surface area (Å²) >= 11 is 2.90. The Kier molecular flexibility index (Phi) is 12.3. The van der Waals surface area contributed by atoms with Crippen LogP contribution in [0.1, 0.15) is 79.5 Å². The Bertz CT molecular complexity index is 1840. The van der Waals surface area contributed by atoms with Crippen LogP contribution in [-0.2, 0) is 4.74 Å². The average molecular weight is 737 g/mol. The zero-order chi connectivity index (χ0) is 36.7. The van der Waals surface area contributed by atoms with Crippen LogP contribution in [0.2, 0.25) is 0 Å². The lowest BCUT2D eigenvalue weighted by atomic mass is 10.1. The Morgan fingerprint density at radius 1 is 0.765 bits per heavy atom. The summed E-state index contributed by atoms with van der Waals surface area (Å²) in [7, 11) is 0. The number of piperidine rings is 2. The van der Waals surface area contributed by atoms with Crippen LogP contribution in [0.15, 0.2) is 47.0 Å². The molecule has 2 aliphatic rings. The van der Waals surface area contributed by atoms with Crippen molar-refractivity contribution in [3.8, 4) is 22.8 Å². The van der Waals surface area contributed by atoms with Gasteiger partial charge in [-0.1, -0.05) is 23.5 Å². The van der Waals surface area contributed by atoms with Crippen LogP contribution >= 0.6 is 23.5 Å². The molecule has 2 saturated heterocycles. The van der Waals surface area contributed by atoms with Gasteiger partial charge in [-0.2, -0.15) is 10.2 Å². The van der Waals surface area contributed by atoms with Crippen molar-refractivity contribution in [1.29, 1.82) is 0 Å². The minimum Gasteiger partial charge on any atom is -0.444 e. The Morgan fingerprint density at radius 2 is 1.22 bits per heavy atom. The average Bonchev–Trinajstić information content (AvgIpc) is 3.79. The third kappa shape index (κ3) is 9.62. The van der Waals surface area contributed by atoms with Gasteiger partial charge in [0.1, 0.15) is 28.4 Å². The van der Waals surface area contributed by atoms with E-state index in [0.717, 1.165) is 25.9 Å². The molecule has 4 aromatic rings. The van der Waals surface area contributed by atoms with E-state index in [2.05, 4.69) is 35.5 Å². The number of likely N-dealkylation sites (tertiary alicyclic amines) is 1. The summed E-state index contributed by atoms with van der Waals surface area (Å²) in [5.41, 5.74) is 13.9. The number of nitrogens with one attached hydrogen (secondary N) is 1. The Hall–Kier alpha value is -4.55. The van der Waals surface area contributed by atoms with Crippen LogP contribution in [0.25, 0.3) is 22.8 Å². The van der Waals surface area contributed by atoms with E-state index in [-0.39, 0.29) is 18.2 Å². The number of nitrogens with two attached hydrogens (primary N) is 2. The molecule has 0 aliphatic carbocycles. The van der Waals surface area contributed by atoms with Crippen molar-refractivity contribution < 1.29 is 19.1 Å². The third-order valence-electron chi connectivity index (χ3n) is 8.25. The lowest BCUT2D eigenvalue weighted by Gasteiger charge is -2.33. The number of nitrogens with zero attached hydrogens (tertiary/aromatic N) is 9. The maximum absolute atomic E-state index is 12.3. The number of hydrogen-bond acceptors (Lipinski definition) is 13. The molecular weight excluding hydrogens is 693 g/mol. The number of carbonyl (C=O) groups is 3. The molecule has 16 nitrogen and oxygen atoms in total. The highest BCUT2D eigenvalue weighted by Gasteiger charge is 2.30. The molecule has 2 fully saturated rings. The van der Waals surface area contributed by atoms with Crippen molar-refractivity contribution >= 4 is 41.4 Å². The van der Waals surface area contributed by atoms with Crippen molar-refractivity contribution in [1.82, 2.24) is 49.7 Å². The van der Waals surface area contributed by atoms with Crippen LogP contribution < -0.4 is 16.8 Å². The molecule has 6 rings (SSSR count). The summed E-state index contributed by atoms with van der Waals surface area (Å²) in [5, 5.41) is 13.8. The number of carbonyl (C=O) groups excluding carboxylic acids is 3. The van der Waals surface area contributed by atoms with Gasteiger partial charge in [-0.3, -0.25) is 19.0 Å². The van der Waals surface area contributed by atoms with Crippen molar-refractivity contribution in [2.24, 2.45) is 11.5 Å². The number of amides is 3. The molecule has 2 aliphatic heterocycles. The van der Waals surface area contributed by atoms with E-state index in [0.29, 0.717) is 70.4 Å². The summed E-state index contributed by atoms with van der Waals surface area (Å²) in [5.74, 6) is -1.01. The van der Waals surface area contributed by atoms with Gasteiger partial charge in [0.15, 0.2) is 10.3 Å². The summed E-state index contributed by atoms with van der Waals surface area (Å²) in [6.07, 6.45) is 10.0. The maximum atomic E-state index is 12.3. The second kappa shape index (κ2) is 16.6. The Morgan fingerprint density at radius 3 is 1.63 bits per heavy atom. The molecule has 5 N–H and O–H groups in total. The molecule has 0 aromatic carbocycles. The number of aromatic nitrogens is 8. The first-order valence-corrected chi connectivity index (χ1v) is 19.0. The first-order valence-electron chi connectivity index (χ1n) is 16.6. The fourth-order valence-corrected chi connectivity index (χ4v) is 6.51. The van der Waals surface area contributed by atoms with E-state index < -0.39 is 17.4 Å². The largest absolute Gasteiger partial charge is 0.444 e. The molecule has 18 heteroatoms. The zero-order valence-corrected chi connectivity index (χ0v) is 31.0. The summed E-state index contributed by atoms with van der Waals surface area (Å²) in [6.45, 7) is 8.42. The van der Waals surface area contributed by atoms with E-state index in [1.165, 1.54) is 23.5 Å². The van der Waals surface area contributed by atoms with Crippen molar-refractivity contribution in [3.63, 3.8) is 0 Å². The number of hydrogen-bond donors (Lipinski definition) is 3. The van der Waals surface area contributed by atoms with Crippen LogP contribution in [-0.4, -0.2) is 107 Å². The van der Waals surface area contributed by atoms with Gasteiger partial charge in [0.25, 0.3) is 11.8 Å². The molecular formula is C33H44N12O4S2. The van der Waals surface area contributed by atoms with Gasteiger partial charge in [0.05, 0.1) is 23.5 Å². The van der Waals surface area contributed by atoms with Gasteiger partial charge < -0.3 is 26.4 Å². The van der Waals surface area contributed by atoms with E-state index in [1.807, 2.05) is 33.3 Å². The monoisotopic (exact) mass is 736 g/mol. The highest BCUT2D eigenvalue weighted by molar-refractivity contribution is 7.98. The van der Waals surface area contributed by atoms with Crippen molar-refractivity contribution in [2.45, 2.75) is 74.5 Å². The van der Waals surface area contributed by atoms with Gasteiger partial charge in [0.2, 0.25) is 0 Å². The lowest BCUT2D eigenvalue weighted by molar-refractivity contribution is 0.0183. The fraction of sp³-hybridized carbons (Fsp3) is 0.485. The van der Waals surface area contributed by atoms with Gasteiger partial charge in [0, 0.05) is 25.5 Å². The van der Waals surface area contributed by atoms with E-state index >= 15 is 0 Å². The van der Waals surface area contributed by atoms with Crippen molar-refractivity contribution in [3.05, 3.63) is 48.0 Å². The molecule has 0 bridgehead atoms. The normalized spacial score (nSPS) is 15.6. The molecule has 51 heavy (non-hydrogen) atoms. The SMILES string of the molecule is CSc1nccc(-c2cc(C(N)=O)n(C3CCN(C(=O)OC(C)(C)C)CC3)n2)n1.CSc1nccc(-c2cc(C(N)=O)n(C3CCNCC3)n2)n1. The van der Waals surface area contributed by atoms with Crippen molar-refractivity contribution in [2.75, 3.05) is 38.7 Å².